The van der Waals surface area contributed by atoms with Crippen molar-refractivity contribution in [2.75, 3.05) is 55.7 Å². The Morgan fingerprint density at radius 1 is 1.11 bits per heavy atom. The summed E-state index contributed by atoms with van der Waals surface area (Å²) >= 11 is 5.86. The molecule has 0 spiro atoms. The molecule has 1 aliphatic rings. The van der Waals surface area contributed by atoms with Crippen LogP contribution in [0.25, 0.3) is 0 Å². The second kappa shape index (κ2) is 12.3. The van der Waals surface area contributed by atoms with E-state index in [0.29, 0.717) is 35.2 Å². The monoisotopic (exact) mass is 538 g/mol. The first-order valence-corrected chi connectivity index (χ1v) is 13.1. The van der Waals surface area contributed by atoms with Crippen molar-refractivity contribution in [3.05, 3.63) is 53.1 Å². The van der Waals surface area contributed by atoms with Gasteiger partial charge in [-0.05, 0) is 55.0 Å². The molecule has 13 heteroatoms. The molecule has 0 bridgehead atoms. The van der Waals surface area contributed by atoms with Crippen molar-refractivity contribution in [1.82, 2.24) is 5.32 Å². The van der Waals surface area contributed by atoms with Gasteiger partial charge in [0.1, 0.15) is 12.6 Å². The zero-order valence-corrected chi connectivity index (χ0v) is 21.7. The SMILES string of the molecule is COP(=O)(CC(NC(=O)Nc1ccc(Cl)cc1)C(=O)Nc1ccc(N2CCOCC2=O)c(C)c1)OC. The third-order valence-corrected chi connectivity index (χ3v) is 7.60. The minimum Gasteiger partial charge on any atom is -0.370 e. The van der Waals surface area contributed by atoms with E-state index < -0.39 is 31.7 Å². The smallest absolute Gasteiger partial charge is 0.332 e. The van der Waals surface area contributed by atoms with E-state index in [2.05, 4.69) is 16.0 Å². The van der Waals surface area contributed by atoms with Gasteiger partial charge >= 0.3 is 13.6 Å². The van der Waals surface area contributed by atoms with Gasteiger partial charge in [0, 0.05) is 42.8 Å². The van der Waals surface area contributed by atoms with Gasteiger partial charge in [-0.1, -0.05) is 11.6 Å². The number of nitrogens with zero attached hydrogens (tertiary/aromatic N) is 1. The number of hydrogen-bond acceptors (Lipinski definition) is 7. The van der Waals surface area contributed by atoms with Gasteiger partial charge in [-0.15, -0.1) is 0 Å². The summed E-state index contributed by atoms with van der Waals surface area (Å²) in [6, 6.07) is 9.49. The molecule has 1 atom stereocenters. The van der Waals surface area contributed by atoms with E-state index in [0.717, 1.165) is 5.56 Å². The molecule has 36 heavy (non-hydrogen) atoms. The number of rotatable bonds is 9. The highest BCUT2D eigenvalue weighted by molar-refractivity contribution is 7.53. The van der Waals surface area contributed by atoms with Crippen LogP contribution in [0, 0.1) is 6.92 Å². The maximum absolute atomic E-state index is 13.1. The van der Waals surface area contributed by atoms with Crippen LogP contribution >= 0.6 is 19.2 Å². The molecule has 1 unspecified atom stereocenters. The lowest BCUT2D eigenvalue weighted by molar-refractivity contribution is -0.125. The standard InChI is InChI=1S/C23H28ClN4O7P/c1-15-12-18(8-9-20(15)28-10-11-35-13-21(28)29)25-22(30)19(14-36(32,33-2)34-3)27-23(31)26-17-6-4-16(24)5-7-17/h4-9,12,19H,10-11,13-14H2,1-3H3,(H,25,30)(H2,26,27,31). The molecule has 3 N–H and O–H groups in total. The largest absolute Gasteiger partial charge is 0.370 e. The van der Waals surface area contributed by atoms with Crippen LogP contribution < -0.4 is 20.9 Å². The number of aryl methyl sites for hydroxylation is 1. The molecule has 1 heterocycles. The van der Waals surface area contributed by atoms with Crippen molar-refractivity contribution in [2.45, 2.75) is 13.0 Å². The van der Waals surface area contributed by atoms with Gasteiger partial charge in [-0.2, -0.15) is 0 Å². The summed E-state index contributed by atoms with van der Waals surface area (Å²) < 4.78 is 27.8. The maximum atomic E-state index is 13.1. The first-order chi connectivity index (χ1) is 17.1. The number of urea groups is 1. The Bertz CT molecular complexity index is 1150. The molecule has 4 amide bonds. The molecule has 0 aromatic heterocycles. The van der Waals surface area contributed by atoms with Gasteiger partial charge in [0.2, 0.25) is 5.91 Å². The van der Waals surface area contributed by atoms with Crippen molar-refractivity contribution < 1.29 is 32.7 Å². The van der Waals surface area contributed by atoms with Crippen molar-refractivity contribution >= 4 is 54.1 Å². The van der Waals surface area contributed by atoms with Crippen LogP contribution in [0.1, 0.15) is 5.56 Å². The van der Waals surface area contributed by atoms with E-state index in [1.807, 2.05) is 6.92 Å². The minimum atomic E-state index is -3.66. The number of benzene rings is 2. The average Bonchev–Trinajstić information content (AvgIpc) is 2.85. The number of nitrogens with one attached hydrogen (secondary N) is 3. The molecule has 2 aromatic carbocycles. The highest BCUT2D eigenvalue weighted by Gasteiger charge is 2.33. The molecule has 2 aromatic rings. The highest BCUT2D eigenvalue weighted by atomic mass is 35.5. The summed E-state index contributed by atoms with van der Waals surface area (Å²) in [5, 5.41) is 8.31. The number of carbonyl (C=O) groups is 3. The minimum absolute atomic E-state index is 0.0163. The Labute approximate surface area is 213 Å². The van der Waals surface area contributed by atoms with Gasteiger partial charge in [0.25, 0.3) is 5.91 Å². The van der Waals surface area contributed by atoms with Gasteiger partial charge in [0.05, 0.1) is 12.8 Å². The predicted molar refractivity (Wildman–Crippen MR) is 137 cm³/mol. The Kier molecular flexibility index (Phi) is 9.47. The fraction of sp³-hybridized carbons (Fsp3) is 0.348. The van der Waals surface area contributed by atoms with E-state index in [-0.39, 0.29) is 12.5 Å². The molecular weight excluding hydrogens is 511 g/mol. The van der Waals surface area contributed by atoms with E-state index in [1.165, 1.54) is 14.2 Å². The van der Waals surface area contributed by atoms with Crippen LogP contribution in [0.4, 0.5) is 21.9 Å². The fourth-order valence-electron chi connectivity index (χ4n) is 3.54. The number of morpholine rings is 1. The van der Waals surface area contributed by atoms with Crippen LogP contribution in [0.15, 0.2) is 42.5 Å². The van der Waals surface area contributed by atoms with Crippen molar-refractivity contribution in [1.29, 1.82) is 0 Å². The molecule has 0 saturated carbocycles. The highest BCUT2D eigenvalue weighted by Crippen LogP contribution is 2.46. The summed E-state index contributed by atoms with van der Waals surface area (Å²) in [7, 11) is -1.27. The van der Waals surface area contributed by atoms with Crippen molar-refractivity contribution in [3.63, 3.8) is 0 Å². The molecule has 0 radical (unpaired) electrons. The molecule has 1 saturated heterocycles. The molecule has 0 aliphatic carbocycles. The third kappa shape index (κ3) is 7.28. The lowest BCUT2D eigenvalue weighted by atomic mass is 10.1. The van der Waals surface area contributed by atoms with Gasteiger partial charge in [-0.25, -0.2) is 4.79 Å². The van der Waals surface area contributed by atoms with E-state index in [9.17, 15) is 18.9 Å². The molecular formula is C23H28ClN4O7P. The fourth-order valence-corrected chi connectivity index (χ4v) is 4.82. The Morgan fingerprint density at radius 3 is 2.39 bits per heavy atom. The normalized spacial score (nSPS) is 14.8. The lowest BCUT2D eigenvalue weighted by Crippen LogP contribution is -2.47. The number of halogens is 1. The lowest BCUT2D eigenvalue weighted by Gasteiger charge is -2.28. The predicted octanol–water partition coefficient (Wildman–Crippen LogP) is 3.63. The zero-order chi connectivity index (χ0) is 26.3. The molecule has 3 rings (SSSR count). The van der Waals surface area contributed by atoms with Crippen LogP contribution in [0.5, 0.6) is 0 Å². The molecule has 11 nitrogen and oxygen atoms in total. The molecule has 194 valence electrons. The average molecular weight is 539 g/mol. The Balaban J connectivity index is 1.75. The quantitative estimate of drug-likeness (QED) is 0.415. The summed E-state index contributed by atoms with van der Waals surface area (Å²) in [6.07, 6.45) is -0.404. The molecule has 1 aliphatic heterocycles. The van der Waals surface area contributed by atoms with E-state index in [1.54, 1.807) is 47.4 Å². The van der Waals surface area contributed by atoms with Gasteiger partial charge < -0.3 is 34.6 Å². The van der Waals surface area contributed by atoms with E-state index >= 15 is 0 Å². The van der Waals surface area contributed by atoms with Crippen LogP contribution in [-0.2, 0) is 27.9 Å². The van der Waals surface area contributed by atoms with Crippen molar-refractivity contribution in [3.8, 4) is 0 Å². The van der Waals surface area contributed by atoms with E-state index in [4.69, 9.17) is 25.4 Å². The summed E-state index contributed by atoms with van der Waals surface area (Å²) in [6.45, 7) is 2.70. The maximum Gasteiger partial charge on any atom is 0.332 e. The topological polar surface area (TPSA) is 135 Å². The summed E-state index contributed by atoms with van der Waals surface area (Å²) in [5.74, 6) is -0.780. The third-order valence-electron chi connectivity index (χ3n) is 5.43. The number of anilines is 3. The van der Waals surface area contributed by atoms with Gasteiger partial charge in [-0.3, -0.25) is 14.2 Å². The molecule has 1 fully saturated rings. The summed E-state index contributed by atoms with van der Waals surface area (Å²) in [4.78, 5) is 39.5. The number of carbonyl (C=O) groups excluding carboxylic acids is 3. The van der Waals surface area contributed by atoms with Gasteiger partial charge in [0.15, 0.2) is 0 Å². The van der Waals surface area contributed by atoms with Crippen LogP contribution in [-0.4, -0.2) is 64.0 Å². The second-order valence-corrected chi connectivity index (χ2v) is 10.7. The zero-order valence-electron chi connectivity index (χ0n) is 20.1. The Morgan fingerprint density at radius 2 is 1.78 bits per heavy atom. The first-order valence-electron chi connectivity index (χ1n) is 11.0. The van der Waals surface area contributed by atoms with Crippen LogP contribution in [0.2, 0.25) is 5.02 Å². The van der Waals surface area contributed by atoms with Crippen LogP contribution in [0.3, 0.4) is 0 Å². The second-order valence-electron chi connectivity index (χ2n) is 7.91. The number of amides is 4. The number of hydrogen-bond donors (Lipinski definition) is 3. The number of ether oxygens (including phenoxy) is 1. The summed E-state index contributed by atoms with van der Waals surface area (Å²) in [5.41, 5.74) is 2.34. The Hall–Kier alpha value is -2.95. The van der Waals surface area contributed by atoms with Crippen molar-refractivity contribution in [2.24, 2.45) is 0 Å². The first kappa shape index (κ1) is 27.6.